The Hall–Kier alpha value is -2.69. The van der Waals surface area contributed by atoms with E-state index in [0.717, 1.165) is 16.7 Å². The van der Waals surface area contributed by atoms with Crippen LogP contribution < -0.4 is 4.72 Å². The second-order valence-electron chi connectivity index (χ2n) is 6.88. The Morgan fingerprint density at radius 2 is 1.36 bits per heavy atom. The average molecular weight is 392 g/mol. The molecule has 0 aliphatic heterocycles. The molecule has 144 valence electrons. The molecule has 0 saturated carbocycles. The monoisotopic (exact) mass is 391 g/mol. The molecule has 0 atom stereocenters. The molecule has 0 heterocycles. The predicted octanol–water partition coefficient (Wildman–Crippen LogP) is 5.18. The van der Waals surface area contributed by atoms with Crippen molar-refractivity contribution in [3.8, 4) is 0 Å². The SMILES string of the molecule is C=CCCC(NS(=O)(=O)c1ccc(C)cc1)(c1ccccc1)c1ccccc1. The van der Waals surface area contributed by atoms with Crippen LogP contribution in [-0.4, -0.2) is 8.42 Å². The standard InChI is InChI=1S/C24H25NO2S/c1-3-4-19-24(21-11-7-5-8-12-21,22-13-9-6-10-14-22)25-28(26,27)23-17-15-20(2)16-18-23/h3,5-18,25H,1,4,19H2,2H3. The Kier molecular flexibility index (Phi) is 6.12. The molecule has 0 saturated heterocycles. The Labute approximate surface area is 167 Å². The number of hydrogen-bond donors (Lipinski definition) is 1. The van der Waals surface area contributed by atoms with Gasteiger partial charge in [-0.2, -0.15) is 4.72 Å². The molecule has 4 heteroatoms. The Balaban J connectivity index is 2.17. The lowest BCUT2D eigenvalue weighted by molar-refractivity contribution is 0.436. The molecule has 0 aliphatic carbocycles. The number of hydrogen-bond acceptors (Lipinski definition) is 2. The van der Waals surface area contributed by atoms with Crippen molar-refractivity contribution in [2.45, 2.75) is 30.2 Å². The number of rotatable bonds is 8. The van der Waals surface area contributed by atoms with Crippen LogP contribution in [0.25, 0.3) is 0 Å². The first-order chi connectivity index (χ1) is 13.5. The van der Waals surface area contributed by atoms with Crippen LogP contribution in [0.3, 0.4) is 0 Å². The van der Waals surface area contributed by atoms with Crippen LogP contribution in [0.15, 0.2) is 102 Å². The first kappa shape index (κ1) is 20.1. The highest BCUT2D eigenvalue weighted by molar-refractivity contribution is 7.89. The van der Waals surface area contributed by atoms with Crippen LogP contribution >= 0.6 is 0 Å². The molecule has 3 aromatic carbocycles. The van der Waals surface area contributed by atoms with Gasteiger partial charge in [0.2, 0.25) is 10.0 Å². The molecule has 28 heavy (non-hydrogen) atoms. The van der Waals surface area contributed by atoms with Crippen molar-refractivity contribution in [2.75, 3.05) is 0 Å². The second kappa shape index (κ2) is 8.55. The van der Waals surface area contributed by atoms with Gasteiger partial charge in [0.15, 0.2) is 0 Å². The van der Waals surface area contributed by atoms with Crippen molar-refractivity contribution in [1.82, 2.24) is 4.72 Å². The largest absolute Gasteiger partial charge is 0.241 e. The van der Waals surface area contributed by atoms with E-state index in [2.05, 4.69) is 11.3 Å². The minimum atomic E-state index is -3.75. The van der Waals surface area contributed by atoms with Crippen LogP contribution in [0.4, 0.5) is 0 Å². The number of allylic oxidation sites excluding steroid dienone is 1. The van der Waals surface area contributed by atoms with Crippen LogP contribution in [0.1, 0.15) is 29.5 Å². The molecule has 0 fully saturated rings. The zero-order valence-electron chi connectivity index (χ0n) is 16.0. The Morgan fingerprint density at radius 1 is 0.857 bits per heavy atom. The maximum atomic E-state index is 13.3. The highest BCUT2D eigenvalue weighted by Gasteiger charge is 2.38. The normalized spacial score (nSPS) is 11.9. The van der Waals surface area contributed by atoms with Gasteiger partial charge in [0.1, 0.15) is 0 Å². The van der Waals surface area contributed by atoms with E-state index in [1.807, 2.05) is 85.8 Å². The highest BCUT2D eigenvalue weighted by Crippen LogP contribution is 2.36. The predicted molar refractivity (Wildman–Crippen MR) is 115 cm³/mol. The van der Waals surface area contributed by atoms with E-state index < -0.39 is 15.6 Å². The van der Waals surface area contributed by atoms with Crippen molar-refractivity contribution in [3.63, 3.8) is 0 Å². The van der Waals surface area contributed by atoms with Gasteiger partial charge >= 0.3 is 0 Å². The molecule has 0 bridgehead atoms. The highest BCUT2D eigenvalue weighted by atomic mass is 32.2. The third-order valence-corrected chi connectivity index (χ3v) is 6.41. The van der Waals surface area contributed by atoms with Crippen molar-refractivity contribution in [2.24, 2.45) is 0 Å². The lowest BCUT2D eigenvalue weighted by Crippen LogP contribution is -2.46. The van der Waals surface area contributed by atoms with E-state index in [-0.39, 0.29) is 4.90 Å². The van der Waals surface area contributed by atoms with Gasteiger partial charge in [-0.1, -0.05) is 84.4 Å². The molecule has 0 aromatic heterocycles. The van der Waals surface area contributed by atoms with Gasteiger partial charge in [-0.05, 0) is 43.0 Å². The fraction of sp³-hybridized carbons (Fsp3) is 0.167. The maximum absolute atomic E-state index is 13.3. The molecular weight excluding hydrogens is 366 g/mol. The topological polar surface area (TPSA) is 46.2 Å². The molecule has 3 nitrogen and oxygen atoms in total. The van der Waals surface area contributed by atoms with E-state index in [1.54, 1.807) is 12.1 Å². The molecule has 0 aliphatic rings. The first-order valence-electron chi connectivity index (χ1n) is 9.30. The van der Waals surface area contributed by atoms with E-state index in [1.165, 1.54) is 0 Å². The molecule has 0 radical (unpaired) electrons. The van der Waals surface area contributed by atoms with Crippen LogP contribution in [-0.2, 0) is 15.6 Å². The molecule has 0 amide bonds. The zero-order valence-corrected chi connectivity index (χ0v) is 16.8. The van der Waals surface area contributed by atoms with Crippen molar-refractivity contribution in [3.05, 3.63) is 114 Å². The summed E-state index contributed by atoms with van der Waals surface area (Å²) in [6, 6.07) is 26.4. The van der Waals surface area contributed by atoms with Gasteiger partial charge in [0.25, 0.3) is 0 Å². The number of aryl methyl sites for hydroxylation is 1. The van der Waals surface area contributed by atoms with Crippen LogP contribution in [0.2, 0.25) is 0 Å². The minimum Gasteiger partial charge on any atom is -0.207 e. The van der Waals surface area contributed by atoms with Gasteiger partial charge in [0, 0.05) is 0 Å². The van der Waals surface area contributed by atoms with E-state index in [4.69, 9.17) is 0 Å². The first-order valence-corrected chi connectivity index (χ1v) is 10.8. The number of nitrogens with one attached hydrogen (secondary N) is 1. The lowest BCUT2D eigenvalue weighted by atomic mass is 9.80. The fourth-order valence-corrected chi connectivity index (χ4v) is 4.80. The van der Waals surface area contributed by atoms with E-state index in [9.17, 15) is 8.42 Å². The smallest absolute Gasteiger partial charge is 0.207 e. The summed E-state index contributed by atoms with van der Waals surface area (Å²) in [7, 11) is -3.75. The van der Waals surface area contributed by atoms with Crippen LogP contribution in [0, 0.1) is 6.92 Å². The number of sulfonamides is 1. The molecule has 1 N–H and O–H groups in total. The van der Waals surface area contributed by atoms with E-state index >= 15 is 0 Å². The van der Waals surface area contributed by atoms with Crippen LogP contribution in [0.5, 0.6) is 0 Å². The molecule has 3 rings (SSSR count). The lowest BCUT2D eigenvalue weighted by Gasteiger charge is -2.36. The van der Waals surface area contributed by atoms with Gasteiger partial charge in [0.05, 0.1) is 10.4 Å². The third kappa shape index (κ3) is 4.24. The summed E-state index contributed by atoms with van der Waals surface area (Å²) < 4.78 is 29.7. The van der Waals surface area contributed by atoms with Gasteiger partial charge in [-0.25, -0.2) is 8.42 Å². The zero-order chi connectivity index (χ0) is 20.0. The minimum absolute atomic E-state index is 0.257. The third-order valence-electron chi connectivity index (χ3n) is 4.90. The second-order valence-corrected chi connectivity index (χ2v) is 8.57. The Morgan fingerprint density at radius 3 is 1.82 bits per heavy atom. The van der Waals surface area contributed by atoms with Gasteiger partial charge in [-0.15, -0.1) is 6.58 Å². The van der Waals surface area contributed by atoms with E-state index in [0.29, 0.717) is 12.8 Å². The molecular formula is C24H25NO2S. The van der Waals surface area contributed by atoms with Gasteiger partial charge < -0.3 is 0 Å². The maximum Gasteiger partial charge on any atom is 0.241 e. The summed E-state index contributed by atoms with van der Waals surface area (Å²) >= 11 is 0. The summed E-state index contributed by atoms with van der Waals surface area (Å²) in [5.41, 5.74) is 1.93. The quantitative estimate of drug-likeness (QED) is 0.538. The number of benzene rings is 3. The average Bonchev–Trinajstić information content (AvgIpc) is 2.73. The molecule has 0 spiro atoms. The van der Waals surface area contributed by atoms with Crippen molar-refractivity contribution in [1.29, 1.82) is 0 Å². The summed E-state index contributed by atoms with van der Waals surface area (Å²) in [5, 5.41) is 0. The van der Waals surface area contributed by atoms with Gasteiger partial charge in [-0.3, -0.25) is 0 Å². The molecule has 3 aromatic rings. The summed E-state index contributed by atoms with van der Waals surface area (Å²) in [4.78, 5) is 0.257. The summed E-state index contributed by atoms with van der Waals surface area (Å²) in [5.74, 6) is 0. The van der Waals surface area contributed by atoms with Crippen molar-refractivity contribution >= 4 is 10.0 Å². The fourth-order valence-electron chi connectivity index (χ4n) is 3.39. The van der Waals surface area contributed by atoms with Crippen molar-refractivity contribution < 1.29 is 8.42 Å². The summed E-state index contributed by atoms with van der Waals surface area (Å²) in [6.07, 6.45) is 3.05. The molecule has 0 unspecified atom stereocenters. The Bertz CT molecular complexity index is 972. The summed E-state index contributed by atoms with van der Waals surface area (Å²) in [6.45, 7) is 5.77.